The normalized spacial score (nSPS) is 14.8. The third-order valence-electron chi connectivity index (χ3n) is 5.64. The molecule has 1 aliphatic heterocycles. The topological polar surface area (TPSA) is 60.6 Å². The van der Waals surface area contributed by atoms with Gasteiger partial charge in [-0.2, -0.15) is 0 Å². The van der Waals surface area contributed by atoms with Crippen LogP contribution in [0.5, 0.6) is 5.75 Å². The number of nitrogens with zero attached hydrogens (tertiary/aromatic N) is 2. The van der Waals surface area contributed by atoms with E-state index in [0.717, 1.165) is 30.6 Å². The number of hydrogen-bond acceptors (Lipinski definition) is 3. The van der Waals surface area contributed by atoms with E-state index in [1.165, 1.54) is 23.1 Å². The summed E-state index contributed by atoms with van der Waals surface area (Å²) in [6.45, 7) is 4.00. The van der Waals surface area contributed by atoms with Crippen LogP contribution in [-0.2, 0) is 13.0 Å². The molecule has 1 saturated heterocycles. The lowest BCUT2D eigenvalue weighted by molar-refractivity contribution is 0.134. The van der Waals surface area contributed by atoms with Crippen molar-refractivity contribution in [1.82, 2.24) is 20.1 Å². The number of benzene rings is 2. The van der Waals surface area contributed by atoms with E-state index in [1.54, 1.807) is 13.2 Å². The lowest BCUT2D eigenvalue weighted by Gasteiger charge is -2.34. The molecule has 1 aromatic heterocycles. The fraction of sp³-hybridized carbons (Fsp3) is 0.348. The third-order valence-corrected chi connectivity index (χ3v) is 5.64. The van der Waals surface area contributed by atoms with Crippen LogP contribution in [0.15, 0.2) is 48.7 Å². The van der Waals surface area contributed by atoms with Gasteiger partial charge in [-0.05, 0) is 36.2 Å². The summed E-state index contributed by atoms with van der Waals surface area (Å²) in [7, 11) is 1.59. The zero-order valence-electron chi connectivity index (χ0n) is 17.2. The Balaban J connectivity index is 1.24. The van der Waals surface area contributed by atoms with Gasteiger partial charge in [0.15, 0.2) is 0 Å². The third kappa shape index (κ3) is 4.57. The Kier molecular flexibility index (Phi) is 6.18. The van der Waals surface area contributed by atoms with Crippen molar-refractivity contribution in [2.24, 2.45) is 0 Å². The number of carbonyl (C=O) groups excluding carboxylic acids is 1. The number of carbonyl (C=O) groups is 1. The highest BCUT2D eigenvalue weighted by molar-refractivity contribution is 5.83. The minimum Gasteiger partial charge on any atom is -0.496 e. The summed E-state index contributed by atoms with van der Waals surface area (Å²) in [5.74, 6) is 0.424. The van der Waals surface area contributed by atoms with E-state index in [4.69, 9.17) is 4.74 Å². The summed E-state index contributed by atoms with van der Waals surface area (Å²) < 4.78 is 18.9. The molecule has 0 spiro atoms. The number of ether oxygens (including phenoxy) is 1. The molecule has 7 heteroatoms. The molecule has 0 unspecified atom stereocenters. The molecule has 3 aromatic rings. The molecule has 1 fully saturated rings. The predicted octanol–water partition coefficient (Wildman–Crippen LogP) is 3.39. The van der Waals surface area contributed by atoms with Gasteiger partial charge < -0.3 is 19.9 Å². The maximum absolute atomic E-state index is 13.6. The first-order valence-corrected chi connectivity index (χ1v) is 10.3. The van der Waals surface area contributed by atoms with Crippen LogP contribution < -0.4 is 10.1 Å². The number of hydrogen-bond donors (Lipinski definition) is 2. The largest absolute Gasteiger partial charge is 0.496 e. The first-order valence-electron chi connectivity index (χ1n) is 10.3. The molecule has 1 aliphatic rings. The van der Waals surface area contributed by atoms with Gasteiger partial charge >= 0.3 is 6.03 Å². The Bertz CT molecular complexity index is 1010. The molecule has 6 nitrogen and oxygen atoms in total. The number of piperazine rings is 1. The number of H-pyrrole nitrogens is 1. The van der Waals surface area contributed by atoms with Crippen molar-refractivity contribution in [2.45, 2.75) is 13.0 Å². The smallest absolute Gasteiger partial charge is 0.317 e. The van der Waals surface area contributed by atoms with E-state index in [1.807, 2.05) is 23.2 Å². The zero-order chi connectivity index (χ0) is 20.9. The molecule has 0 saturated carbocycles. The van der Waals surface area contributed by atoms with Gasteiger partial charge in [-0.1, -0.05) is 18.2 Å². The Morgan fingerprint density at radius 3 is 2.73 bits per heavy atom. The molecule has 0 atom stereocenters. The summed E-state index contributed by atoms with van der Waals surface area (Å²) in [5, 5.41) is 4.23. The lowest BCUT2D eigenvalue weighted by atomic mass is 10.1. The molecule has 158 valence electrons. The van der Waals surface area contributed by atoms with Crippen molar-refractivity contribution in [3.05, 3.63) is 65.6 Å². The highest BCUT2D eigenvalue weighted by Crippen LogP contribution is 2.22. The monoisotopic (exact) mass is 410 g/mol. The predicted molar refractivity (Wildman–Crippen MR) is 115 cm³/mol. The fourth-order valence-corrected chi connectivity index (χ4v) is 3.98. The van der Waals surface area contributed by atoms with Crippen LogP contribution in [0.1, 0.15) is 11.1 Å². The van der Waals surface area contributed by atoms with Gasteiger partial charge in [0.25, 0.3) is 0 Å². The molecule has 30 heavy (non-hydrogen) atoms. The Morgan fingerprint density at radius 1 is 1.13 bits per heavy atom. The van der Waals surface area contributed by atoms with E-state index in [9.17, 15) is 9.18 Å². The minimum atomic E-state index is -0.265. The molecule has 2 aromatic carbocycles. The first-order chi connectivity index (χ1) is 14.6. The summed E-state index contributed by atoms with van der Waals surface area (Å²) in [6.07, 6.45) is 2.80. The van der Waals surface area contributed by atoms with Gasteiger partial charge in [-0.3, -0.25) is 4.90 Å². The van der Waals surface area contributed by atoms with Gasteiger partial charge in [0.1, 0.15) is 11.6 Å². The highest BCUT2D eigenvalue weighted by atomic mass is 19.1. The zero-order valence-corrected chi connectivity index (χ0v) is 17.2. The number of methoxy groups -OCH3 is 1. The van der Waals surface area contributed by atoms with Crippen LogP contribution in [0.25, 0.3) is 10.9 Å². The fourth-order valence-electron chi connectivity index (χ4n) is 3.98. The van der Waals surface area contributed by atoms with Gasteiger partial charge in [0.2, 0.25) is 0 Å². The van der Waals surface area contributed by atoms with Crippen molar-refractivity contribution in [1.29, 1.82) is 0 Å². The van der Waals surface area contributed by atoms with E-state index >= 15 is 0 Å². The average Bonchev–Trinajstić information content (AvgIpc) is 3.17. The second kappa shape index (κ2) is 9.17. The van der Waals surface area contributed by atoms with E-state index < -0.39 is 0 Å². The lowest BCUT2D eigenvalue weighted by Crippen LogP contribution is -2.51. The molecular formula is C23H27FN4O2. The SMILES string of the molecule is COc1ccc(F)cc1CN1CCN(C(=O)NCCc2c[nH]c3ccccc23)CC1. The van der Waals surface area contributed by atoms with Crippen molar-refractivity contribution in [2.75, 3.05) is 39.8 Å². The summed E-state index contributed by atoms with van der Waals surface area (Å²) in [6, 6.07) is 12.7. The molecule has 0 bridgehead atoms. The van der Waals surface area contributed by atoms with Crippen LogP contribution in [0.3, 0.4) is 0 Å². The summed E-state index contributed by atoms with van der Waals surface area (Å²) in [5.41, 5.74) is 3.15. The maximum atomic E-state index is 13.6. The van der Waals surface area contributed by atoms with Crippen molar-refractivity contribution < 1.29 is 13.9 Å². The van der Waals surface area contributed by atoms with Crippen molar-refractivity contribution in [3.8, 4) is 5.75 Å². The second-order valence-electron chi connectivity index (χ2n) is 7.56. The Morgan fingerprint density at radius 2 is 1.93 bits per heavy atom. The quantitative estimate of drug-likeness (QED) is 0.655. The molecule has 2 heterocycles. The van der Waals surface area contributed by atoms with E-state index in [-0.39, 0.29) is 11.8 Å². The van der Waals surface area contributed by atoms with Gasteiger partial charge in [-0.25, -0.2) is 9.18 Å². The van der Waals surface area contributed by atoms with Crippen molar-refractivity contribution >= 4 is 16.9 Å². The molecule has 2 amide bonds. The van der Waals surface area contributed by atoms with Crippen LogP contribution in [-0.4, -0.2) is 60.6 Å². The number of aromatic amines is 1. The van der Waals surface area contributed by atoms with E-state index in [2.05, 4.69) is 27.3 Å². The number of fused-ring (bicyclic) bond motifs is 1. The number of halogens is 1. The van der Waals surface area contributed by atoms with Crippen LogP contribution >= 0.6 is 0 Å². The second-order valence-corrected chi connectivity index (χ2v) is 7.56. The van der Waals surface area contributed by atoms with Gasteiger partial charge in [0, 0.05) is 61.9 Å². The number of aromatic nitrogens is 1. The highest BCUT2D eigenvalue weighted by Gasteiger charge is 2.22. The molecule has 0 radical (unpaired) electrons. The van der Waals surface area contributed by atoms with Crippen molar-refractivity contribution in [3.63, 3.8) is 0 Å². The number of nitrogens with one attached hydrogen (secondary N) is 2. The first kappa shape index (κ1) is 20.2. The number of amides is 2. The summed E-state index contributed by atoms with van der Waals surface area (Å²) in [4.78, 5) is 19.8. The number of para-hydroxylation sites is 1. The minimum absolute atomic E-state index is 0.0298. The molecular weight excluding hydrogens is 383 g/mol. The Hall–Kier alpha value is -3.06. The molecule has 4 rings (SSSR count). The number of rotatable bonds is 6. The molecule has 2 N–H and O–H groups in total. The van der Waals surface area contributed by atoms with Crippen LogP contribution in [0, 0.1) is 5.82 Å². The van der Waals surface area contributed by atoms with Gasteiger partial charge in [-0.15, -0.1) is 0 Å². The summed E-state index contributed by atoms with van der Waals surface area (Å²) >= 11 is 0. The van der Waals surface area contributed by atoms with Crippen LogP contribution in [0.4, 0.5) is 9.18 Å². The van der Waals surface area contributed by atoms with Gasteiger partial charge in [0.05, 0.1) is 7.11 Å². The molecule has 0 aliphatic carbocycles. The average molecular weight is 410 g/mol. The Labute approximate surface area is 175 Å². The van der Waals surface area contributed by atoms with Crippen LogP contribution in [0.2, 0.25) is 0 Å². The maximum Gasteiger partial charge on any atom is 0.317 e. The standard InChI is InChI=1S/C23H27FN4O2/c1-30-22-7-6-19(24)14-18(22)16-27-10-12-28(13-11-27)23(29)25-9-8-17-15-26-21-5-3-2-4-20(17)21/h2-7,14-15,26H,8-13,16H2,1H3,(H,25,29). The van der Waals surface area contributed by atoms with E-state index in [0.29, 0.717) is 31.9 Å². The number of urea groups is 1.